The summed E-state index contributed by atoms with van der Waals surface area (Å²) in [6.07, 6.45) is 1.41. The van der Waals surface area contributed by atoms with E-state index in [2.05, 4.69) is 9.97 Å². The molecule has 0 saturated heterocycles. The van der Waals surface area contributed by atoms with Gasteiger partial charge in [-0.2, -0.15) is 0 Å². The van der Waals surface area contributed by atoms with Crippen molar-refractivity contribution in [1.29, 1.82) is 0 Å². The molecule has 12 heavy (non-hydrogen) atoms. The summed E-state index contributed by atoms with van der Waals surface area (Å²) >= 11 is 0. The van der Waals surface area contributed by atoms with Crippen LogP contribution in [-0.2, 0) is 6.67 Å². The maximum Gasteiger partial charge on any atom is 0.335 e. The number of hydrogen-bond donors (Lipinski definition) is 1. The van der Waals surface area contributed by atoms with E-state index in [0.717, 1.165) is 0 Å². The normalized spacial score (nSPS) is 13.3. The molecule has 60 valence electrons. The molecule has 4 heterocycles. The Balaban J connectivity index is 2.81. The minimum Gasteiger partial charge on any atom is -0.339 e. The molecule has 0 spiro atoms. The number of rotatable bonds is 0. The average Bonchev–Trinajstić information content (AvgIpc) is 2.51. The van der Waals surface area contributed by atoms with Crippen LogP contribution in [0.1, 0.15) is 0 Å². The average molecular weight is 164 g/mol. The number of hydrogen-bond acceptors (Lipinski definition) is 3. The molecule has 0 radical (unpaired) electrons. The van der Waals surface area contributed by atoms with Gasteiger partial charge in [-0.05, 0) is 0 Å². The lowest BCUT2D eigenvalue weighted by Gasteiger charge is -2.18. The van der Waals surface area contributed by atoms with Gasteiger partial charge in [-0.25, -0.2) is 14.3 Å². The topological polar surface area (TPSA) is 72.7 Å². The Labute approximate surface area is 65.1 Å². The molecular formula is C6H4N4O2. The van der Waals surface area contributed by atoms with E-state index in [0.29, 0.717) is 17.8 Å². The van der Waals surface area contributed by atoms with Crippen molar-refractivity contribution in [2.75, 3.05) is 0 Å². The first-order valence-corrected chi connectivity index (χ1v) is 3.46. The lowest BCUT2D eigenvalue weighted by atomic mass is 10.4. The summed E-state index contributed by atoms with van der Waals surface area (Å²) in [6.45, 7) is 0.343. The molecule has 0 atom stereocenters. The van der Waals surface area contributed by atoms with Crippen molar-refractivity contribution >= 4 is 11.2 Å². The third-order valence-corrected chi connectivity index (χ3v) is 2.08. The predicted octanol–water partition coefficient (Wildman–Crippen LogP) is -1.29. The van der Waals surface area contributed by atoms with Crippen molar-refractivity contribution in [3.05, 3.63) is 27.2 Å². The van der Waals surface area contributed by atoms with Gasteiger partial charge < -0.3 is 4.98 Å². The van der Waals surface area contributed by atoms with Crippen LogP contribution in [0.2, 0.25) is 0 Å². The Hall–Kier alpha value is -1.85. The van der Waals surface area contributed by atoms with Gasteiger partial charge in [0.2, 0.25) is 0 Å². The second kappa shape index (κ2) is 1.50. The van der Waals surface area contributed by atoms with Gasteiger partial charge in [0.05, 0.1) is 6.33 Å². The smallest absolute Gasteiger partial charge is 0.335 e. The van der Waals surface area contributed by atoms with Crippen molar-refractivity contribution in [1.82, 2.24) is 19.1 Å². The number of imidazole rings is 1. The van der Waals surface area contributed by atoms with E-state index in [4.69, 9.17) is 0 Å². The maximum absolute atomic E-state index is 11.3. The second-order valence-electron chi connectivity index (χ2n) is 2.69. The van der Waals surface area contributed by atoms with Crippen LogP contribution in [0.4, 0.5) is 0 Å². The molecule has 0 unspecified atom stereocenters. The number of aromatic nitrogens is 4. The number of aromatic amines is 1. The van der Waals surface area contributed by atoms with E-state index in [9.17, 15) is 9.59 Å². The molecule has 2 aliphatic heterocycles. The van der Waals surface area contributed by atoms with Crippen LogP contribution in [0.25, 0.3) is 11.2 Å². The Kier molecular flexibility index (Phi) is 0.718. The first kappa shape index (κ1) is 5.76. The summed E-state index contributed by atoms with van der Waals surface area (Å²) < 4.78 is 2.62. The van der Waals surface area contributed by atoms with Gasteiger partial charge in [-0.15, -0.1) is 0 Å². The minimum atomic E-state index is -0.282. The fraction of sp³-hybridized carbons (Fsp3) is 0.167. The summed E-state index contributed by atoms with van der Waals surface area (Å²) in [5.41, 5.74) is 0.294. The van der Waals surface area contributed by atoms with Gasteiger partial charge in [-0.1, -0.05) is 0 Å². The summed E-state index contributed by atoms with van der Waals surface area (Å²) in [6, 6.07) is 0. The van der Waals surface area contributed by atoms with Crippen LogP contribution in [0.15, 0.2) is 15.9 Å². The van der Waals surface area contributed by atoms with Crippen LogP contribution < -0.4 is 11.2 Å². The zero-order chi connectivity index (χ0) is 8.29. The van der Waals surface area contributed by atoms with Gasteiger partial charge in [0.1, 0.15) is 12.2 Å². The van der Waals surface area contributed by atoms with Crippen LogP contribution >= 0.6 is 0 Å². The first-order chi connectivity index (χ1) is 5.79. The monoisotopic (exact) mass is 164 g/mol. The molecule has 4 rings (SSSR count). The van der Waals surface area contributed by atoms with Crippen molar-refractivity contribution in [3.63, 3.8) is 0 Å². The summed E-state index contributed by atoms with van der Waals surface area (Å²) in [7, 11) is 0. The number of nitrogens with one attached hydrogen (secondary N) is 1. The van der Waals surface area contributed by atoms with Gasteiger partial charge >= 0.3 is 5.69 Å². The van der Waals surface area contributed by atoms with Gasteiger partial charge in [0, 0.05) is 0 Å². The largest absolute Gasteiger partial charge is 0.339 e. The molecule has 1 N–H and O–H groups in total. The van der Waals surface area contributed by atoms with Crippen molar-refractivity contribution in [2.24, 2.45) is 0 Å². The third kappa shape index (κ3) is 0.403. The Morgan fingerprint density at radius 2 is 2.25 bits per heavy atom. The predicted molar refractivity (Wildman–Crippen MR) is 40.0 cm³/mol. The molecule has 6 nitrogen and oxygen atoms in total. The van der Waals surface area contributed by atoms with Crippen LogP contribution in [0.3, 0.4) is 0 Å². The van der Waals surface area contributed by atoms with Gasteiger partial charge in [0.25, 0.3) is 5.56 Å². The fourth-order valence-electron chi connectivity index (χ4n) is 1.42. The SMILES string of the molecule is O=c1c2[nH]cnc2n2c(=O)n1C2. The van der Waals surface area contributed by atoms with Crippen molar-refractivity contribution in [2.45, 2.75) is 6.67 Å². The molecule has 0 fully saturated rings. The Bertz CT molecular complexity index is 588. The molecule has 2 aliphatic rings. The zero-order valence-corrected chi connectivity index (χ0v) is 5.94. The molecule has 0 aliphatic carbocycles. The zero-order valence-electron chi connectivity index (χ0n) is 5.94. The molecule has 2 aromatic heterocycles. The van der Waals surface area contributed by atoms with E-state index in [1.54, 1.807) is 0 Å². The van der Waals surface area contributed by atoms with E-state index in [1.807, 2.05) is 0 Å². The highest BCUT2D eigenvalue weighted by molar-refractivity contribution is 5.69. The van der Waals surface area contributed by atoms with E-state index in [-0.39, 0.29) is 11.2 Å². The van der Waals surface area contributed by atoms with E-state index < -0.39 is 0 Å². The summed E-state index contributed by atoms with van der Waals surface area (Å²) in [4.78, 5) is 29.0. The van der Waals surface area contributed by atoms with Crippen molar-refractivity contribution < 1.29 is 0 Å². The molecule has 2 aromatic rings. The molecule has 0 amide bonds. The standard InChI is InChI=1S/C6H4N4O2/c11-5-3-4(8-1-7-3)9-2-10(5)6(9)12/h1H,2H2,(H,7,8). The molecule has 0 saturated carbocycles. The first-order valence-electron chi connectivity index (χ1n) is 3.46. The third-order valence-electron chi connectivity index (χ3n) is 2.08. The van der Waals surface area contributed by atoms with Crippen LogP contribution in [0, 0.1) is 0 Å². The van der Waals surface area contributed by atoms with Crippen LogP contribution in [0.5, 0.6) is 0 Å². The molecular weight excluding hydrogens is 160 g/mol. The van der Waals surface area contributed by atoms with Gasteiger partial charge in [-0.3, -0.25) is 9.36 Å². The highest BCUT2D eigenvalue weighted by Crippen LogP contribution is 2.05. The highest BCUT2D eigenvalue weighted by atomic mass is 16.2. The molecule has 2 bridgehead atoms. The Morgan fingerprint density at radius 1 is 1.42 bits per heavy atom. The molecule has 6 heteroatoms. The fourth-order valence-corrected chi connectivity index (χ4v) is 1.42. The summed E-state index contributed by atoms with van der Waals surface area (Å²) in [5, 5.41) is 0. The van der Waals surface area contributed by atoms with E-state index >= 15 is 0 Å². The number of H-pyrrole nitrogens is 1. The maximum atomic E-state index is 11.3. The van der Waals surface area contributed by atoms with Crippen LogP contribution in [-0.4, -0.2) is 19.1 Å². The van der Waals surface area contributed by atoms with Crippen molar-refractivity contribution in [3.8, 4) is 0 Å². The number of nitrogens with zero attached hydrogens (tertiary/aromatic N) is 3. The summed E-state index contributed by atoms with van der Waals surface area (Å²) in [5.74, 6) is 0. The Morgan fingerprint density at radius 3 is 3.00 bits per heavy atom. The molecule has 0 aromatic carbocycles. The minimum absolute atomic E-state index is 0.278. The van der Waals surface area contributed by atoms with E-state index in [1.165, 1.54) is 15.5 Å². The quantitative estimate of drug-likeness (QED) is 0.449. The highest BCUT2D eigenvalue weighted by Gasteiger charge is 2.22. The van der Waals surface area contributed by atoms with Gasteiger partial charge in [0.15, 0.2) is 5.65 Å². The lowest BCUT2D eigenvalue weighted by molar-refractivity contribution is 0.437. The lowest BCUT2D eigenvalue weighted by Crippen LogP contribution is -2.52. The second-order valence-corrected chi connectivity index (χ2v) is 2.69.